The van der Waals surface area contributed by atoms with Gasteiger partial charge in [0.05, 0.1) is 16.9 Å². The Balaban J connectivity index is 1.99. The third-order valence-electron chi connectivity index (χ3n) is 4.01. The molecule has 10 heteroatoms. The van der Waals surface area contributed by atoms with E-state index in [4.69, 9.17) is 4.74 Å². The van der Waals surface area contributed by atoms with Crippen molar-refractivity contribution in [3.8, 4) is 11.5 Å². The van der Waals surface area contributed by atoms with Crippen LogP contribution in [0.25, 0.3) is 6.08 Å². The molecule has 2 aromatic rings. The van der Waals surface area contributed by atoms with Crippen LogP contribution in [0.3, 0.4) is 0 Å². The number of halogens is 1. The van der Waals surface area contributed by atoms with Gasteiger partial charge in [-0.2, -0.15) is 8.42 Å². The van der Waals surface area contributed by atoms with Crippen molar-refractivity contribution in [1.82, 2.24) is 4.90 Å². The number of phenols is 1. The third-order valence-corrected chi connectivity index (χ3v) is 6.41. The molecule has 1 aliphatic rings. The lowest BCUT2D eigenvalue weighted by molar-refractivity contribution is -0.121. The Kier molecular flexibility index (Phi) is 6.28. The summed E-state index contributed by atoms with van der Waals surface area (Å²) in [5, 5.41) is 9.67. The first-order chi connectivity index (χ1) is 14.2. The van der Waals surface area contributed by atoms with Crippen LogP contribution < -0.4 is 4.74 Å². The summed E-state index contributed by atoms with van der Waals surface area (Å²) >= 11 is 0.887. The molecule has 7 nitrogen and oxygen atoms in total. The van der Waals surface area contributed by atoms with Crippen LogP contribution in [0, 0.1) is 5.82 Å². The Morgan fingerprint density at radius 3 is 2.60 bits per heavy atom. The number of thioether (sulfide) groups is 1. The van der Waals surface area contributed by atoms with Crippen LogP contribution in [0.2, 0.25) is 0 Å². The van der Waals surface area contributed by atoms with Crippen LogP contribution in [0.5, 0.6) is 11.5 Å². The zero-order valence-corrected chi connectivity index (χ0v) is 17.4. The fourth-order valence-electron chi connectivity index (χ4n) is 2.56. The highest BCUT2D eigenvalue weighted by Crippen LogP contribution is 2.35. The van der Waals surface area contributed by atoms with Crippen molar-refractivity contribution in [1.29, 1.82) is 0 Å². The lowest BCUT2D eigenvalue weighted by atomic mass is 10.2. The van der Waals surface area contributed by atoms with Gasteiger partial charge in [-0.3, -0.25) is 9.69 Å². The fourth-order valence-corrected chi connectivity index (χ4v) is 4.75. The van der Waals surface area contributed by atoms with Gasteiger partial charge in [-0.1, -0.05) is 12.1 Å². The standard InChI is InChI=1S/C20H17FN2O5S2/c1-3-10-23-19(25)18(12-13-4-9-16(24)17(11-13)28-2)29-20(23)22-30(26,27)15-7-5-14(21)6-8-15/h3-9,11-12,24H,1,10H2,2H3/b18-12-,22-20?. The number of methoxy groups -OCH3 is 1. The second kappa shape index (κ2) is 8.72. The predicted octanol–water partition coefficient (Wildman–Crippen LogP) is 3.39. The minimum atomic E-state index is -4.16. The number of ether oxygens (including phenoxy) is 1. The summed E-state index contributed by atoms with van der Waals surface area (Å²) in [6.45, 7) is 3.64. The monoisotopic (exact) mass is 448 g/mol. The first kappa shape index (κ1) is 21.6. The lowest BCUT2D eigenvalue weighted by Crippen LogP contribution is -2.29. The normalized spacial score (nSPS) is 17.0. The fraction of sp³-hybridized carbons (Fsp3) is 0.100. The van der Waals surface area contributed by atoms with E-state index in [0.29, 0.717) is 5.56 Å². The number of amidine groups is 1. The molecule has 0 unspecified atom stereocenters. The van der Waals surface area contributed by atoms with Crippen molar-refractivity contribution >= 4 is 38.9 Å². The van der Waals surface area contributed by atoms with E-state index in [0.717, 1.165) is 36.0 Å². The molecule has 2 aromatic carbocycles. The summed E-state index contributed by atoms with van der Waals surface area (Å²) in [5.41, 5.74) is 0.571. The third kappa shape index (κ3) is 4.55. The second-order valence-corrected chi connectivity index (χ2v) is 8.66. The van der Waals surface area contributed by atoms with E-state index in [1.54, 1.807) is 12.1 Å². The highest BCUT2D eigenvalue weighted by atomic mass is 32.2. The molecular weight excluding hydrogens is 431 g/mol. The van der Waals surface area contributed by atoms with Gasteiger partial charge in [0, 0.05) is 6.54 Å². The van der Waals surface area contributed by atoms with Crippen LogP contribution in [0.1, 0.15) is 5.56 Å². The maximum absolute atomic E-state index is 13.1. The molecule has 0 atom stereocenters. The molecule has 0 saturated carbocycles. The van der Waals surface area contributed by atoms with Crippen molar-refractivity contribution in [2.75, 3.05) is 13.7 Å². The van der Waals surface area contributed by atoms with Gasteiger partial charge in [-0.05, 0) is 59.8 Å². The Labute approximate surface area is 177 Å². The Hall–Kier alpha value is -3.11. The number of phenolic OH excluding ortho intramolecular Hbond substituents is 1. The van der Waals surface area contributed by atoms with Gasteiger partial charge in [0.2, 0.25) is 0 Å². The molecule has 1 heterocycles. The number of hydrogen-bond acceptors (Lipinski definition) is 6. The molecule has 1 amide bonds. The molecule has 1 fully saturated rings. The van der Waals surface area contributed by atoms with Gasteiger partial charge in [0.1, 0.15) is 5.82 Å². The van der Waals surface area contributed by atoms with Crippen LogP contribution in [0.15, 0.2) is 69.3 Å². The quantitative estimate of drug-likeness (QED) is 0.538. The molecule has 0 aromatic heterocycles. The molecule has 30 heavy (non-hydrogen) atoms. The number of sulfonamides is 1. The summed E-state index contributed by atoms with van der Waals surface area (Å²) < 4.78 is 47.1. The number of hydrogen-bond donors (Lipinski definition) is 1. The Morgan fingerprint density at radius 1 is 1.27 bits per heavy atom. The van der Waals surface area contributed by atoms with E-state index < -0.39 is 21.7 Å². The number of aromatic hydroxyl groups is 1. The summed E-state index contributed by atoms with van der Waals surface area (Å²) in [6.07, 6.45) is 2.99. The molecular formula is C20H17FN2O5S2. The Morgan fingerprint density at radius 2 is 1.97 bits per heavy atom. The molecule has 156 valence electrons. The lowest BCUT2D eigenvalue weighted by Gasteiger charge is -2.12. The SMILES string of the molecule is C=CCN1C(=O)/C(=C/c2ccc(O)c(OC)c2)SC1=NS(=O)(=O)c1ccc(F)cc1. The first-order valence-corrected chi connectivity index (χ1v) is 10.8. The van der Waals surface area contributed by atoms with Crippen molar-refractivity contribution in [3.63, 3.8) is 0 Å². The molecule has 0 aliphatic carbocycles. The predicted molar refractivity (Wildman–Crippen MR) is 113 cm³/mol. The van der Waals surface area contributed by atoms with E-state index in [1.165, 1.54) is 30.2 Å². The topological polar surface area (TPSA) is 96.3 Å². The van der Waals surface area contributed by atoms with E-state index in [-0.39, 0.29) is 33.0 Å². The van der Waals surface area contributed by atoms with Crippen LogP contribution in [0.4, 0.5) is 4.39 Å². The van der Waals surface area contributed by atoms with Crippen molar-refractivity contribution < 1.29 is 27.4 Å². The minimum Gasteiger partial charge on any atom is -0.504 e. The molecule has 1 saturated heterocycles. The first-order valence-electron chi connectivity index (χ1n) is 8.55. The summed E-state index contributed by atoms with van der Waals surface area (Å²) in [5.74, 6) is -0.837. The number of rotatable bonds is 6. The van der Waals surface area contributed by atoms with Crippen LogP contribution >= 0.6 is 11.8 Å². The number of benzene rings is 2. The number of amides is 1. The van der Waals surface area contributed by atoms with Crippen LogP contribution in [-0.2, 0) is 14.8 Å². The maximum Gasteiger partial charge on any atom is 0.284 e. The largest absolute Gasteiger partial charge is 0.504 e. The zero-order chi connectivity index (χ0) is 21.9. The highest BCUT2D eigenvalue weighted by molar-refractivity contribution is 8.19. The Bertz CT molecular complexity index is 1160. The van der Waals surface area contributed by atoms with E-state index >= 15 is 0 Å². The molecule has 0 spiro atoms. The van der Waals surface area contributed by atoms with Gasteiger partial charge in [-0.15, -0.1) is 11.0 Å². The minimum absolute atomic E-state index is 0.0405. The van der Waals surface area contributed by atoms with Gasteiger partial charge in [-0.25, -0.2) is 4.39 Å². The van der Waals surface area contributed by atoms with Crippen LogP contribution in [-0.4, -0.2) is 43.2 Å². The average Bonchev–Trinajstić information content (AvgIpc) is 2.98. The van der Waals surface area contributed by atoms with E-state index in [9.17, 15) is 22.7 Å². The van der Waals surface area contributed by atoms with Gasteiger partial charge < -0.3 is 9.84 Å². The van der Waals surface area contributed by atoms with E-state index in [1.807, 2.05) is 0 Å². The summed E-state index contributed by atoms with van der Waals surface area (Å²) in [6, 6.07) is 8.79. The van der Waals surface area contributed by atoms with Gasteiger partial charge in [0.25, 0.3) is 15.9 Å². The smallest absolute Gasteiger partial charge is 0.284 e. The molecule has 0 bridgehead atoms. The van der Waals surface area contributed by atoms with Crippen molar-refractivity contribution in [2.24, 2.45) is 4.40 Å². The number of carbonyl (C=O) groups is 1. The second-order valence-electron chi connectivity index (χ2n) is 6.05. The number of carbonyl (C=O) groups excluding carboxylic acids is 1. The molecule has 0 radical (unpaired) electrons. The summed E-state index contributed by atoms with van der Waals surface area (Å²) in [7, 11) is -2.75. The highest BCUT2D eigenvalue weighted by Gasteiger charge is 2.34. The van der Waals surface area contributed by atoms with Crippen molar-refractivity contribution in [3.05, 3.63) is 71.4 Å². The van der Waals surface area contributed by atoms with Gasteiger partial charge >= 0.3 is 0 Å². The van der Waals surface area contributed by atoms with Crippen molar-refractivity contribution in [2.45, 2.75) is 4.90 Å². The van der Waals surface area contributed by atoms with E-state index in [2.05, 4.69) is 11.0 Å². The number of nitrogens with zero attached hydrogens (tertiary/aromatic N) is 2. The average molecular weight is 448 g/mol. The zero-order valence-electron chi connectivity index (χ0n) is 15.8. The maximum atomic E-state index is 13.1. The van der Waals surface area contributed by atoms with Gasteiger partial charge in [0.15, 0.2) is 16.7 Å². The summed E-state index contributed by atoms with van der Waals surface area (Å²) in [4.78, 5) is 14.0. The molecule has 3 rings (SSSR count). The molecule has 1 N–H and O–H groups in total. The molecule has 1 aliphatic heterocycles.